The highest BCUT2D eigenvalue weighted by molar-refractivity contribution is 5.90. The highest BCUT2D eigenvalue weighted by Crippen LogP contribution is 2.31. The van der Waals surface area contributed by atoms with Crippen molar-refractivity contribution in [3.8, 4) is 0 Å². The summed E-state index contributed by atoms with van der Waals surface area (Å²) >= 11 is 0. The third-order valence-corrected chi connectivity index (χ3v) is 4.22. The molecule has 0 saturated carbocycles. The van der Waals surface area contributed by atoms with E-state index in [9.17, 15) is 4.79 Å². The molecule has 3 aliphatic rings. The Hall–Kier alpha value is -1.07. The number of rotatable bonds is 1. The molecule has 2 fully saturated rings. The molecule has 0 aromatic rings. The highest BCUT2D eigenvalue weighted by Gasteiger charge is 2.39. The first kappa shape index (κ1) is 12.0. The van der Waals surface area contributed by atoms with Gasteiger partial charge in [0.25, 0.3) is 0 Å². The molecule has 0 aliphatic carbocycles. The maximum absolute atomic E-state index is 11.4. The van der Waals surface area contributed by atoms with Crippen molar-refractivity contribution >= 4 is 5.97 Å². The number of carbonyl (C=O) groups excluding carboxylic acids is 1. The van der Waals surface area contributed by atoms with Crippen molar-refractivity contribution in [1.82, 2.24) is 10.2 Å². The lowest BCUT2D eigenvalue weighted by Crippen LogP contribution is -2.56. The molecule has 0 amide bonds. The molecule has 5 heteroatoms. The lowest BCUT2D eigenvalue weighted by molar-refractivity contribution is -0.136. The van der Waals surface area contributed by atoms with Crippen molar-refractivity contribution < 1.29 is 14.3 Å². The van der Waals surface area contributed by atoms with Crippen molar-refractivity contribution in [2.75, 3.05) is 39.4 Å². The Labute approximate surface area is 107 Å². The van der Waals surface area contributed by atoms with Gasteiger partial charge in [-0.05, 0) is 32.9 Å². The van der Waals surface area contributed by atoms with E-state index in [1.54, 1.807) is 0 Å². The van der Waals surface area contributed by atoms with Crippen LogP contribution in [0.1, 0.15) is 19.8 Å². The second kappa shape index (κ2) is 4.55. The molecule has 0 unspecified atom stereocenters. The van der Waals surface area contributed by atoms with Gasteiger partial charge in [-0.25, -0.2) is 4.79 Å². The molecule has 18 heavy (non-hydrogen) atoms. The molecule has 0 bridgehead atoms. The van der Waals surface area contributed by atoms with Crippen molar-refractivity contribution in [3.63, 3.8) is 0 Å². The smallest absolute Gasteiger partial charge is 0.335 e. The number of hydrogen-bond acceptors (Lipinski definition) is 5. The highest BCUT2D eigenvalue weighted by atomic mass is 16.5. The number of esters is 1. The van der Waals surface area contributed by atoms with E-state index in [2.05, 4.69) is 10.2 Å². The number of hydrogen-bond donors (Lipinski definition) is 1. The summed E-state index contributed by atoms with van der Waals surface area (Å²) < 4.78 is 11.1. The van der Waals surface area contributed by atoms with E-state index in [-0.39, 0.29) is 11.6 Å². The van der Waals surface area contributed by atoms with Crippen LogP contribution in [0.25, 0.3) is 0 Å². The van der Waals surface area contributed by atoms with Crippen LogP contribution < -0.4 is 5.32 Å². The zero-order chi connectivity index (χ0) is 12.6. The van der Waals surface area contributed by atoms with Gasteiger partial charge in [0, 0.05) is 13.1 Å². The van der Waals surface area contributed by atoms with Crippen LogP contribution >= 0.6 is 0 Å². The molecule has 1 N–H and O–H groups in total. The van der Waals surface area contributed by atoms with Crippen LogP contribution in [0.15, 0.2) is 11.3 Å². The molecular weight excluding hydrogens is 232 g/mol. The van der Waals surface area contributed by atoms with Gasteiger partial charge in [-0.1, -0.05) is 0 Å². The molecule has 3 aliphatic heterocycles. The SMILES string of the molecule is CC1=C(N2CCOC3(CCNCC3)C2)COC1=O. The minimum atomic E-state index is -0.171. The van der Waals surface area contributed by atoms with Crippen molar-refractivity contribution in [2.24, 2.45) is 0 Å². The topological polar surface area (TPSA) is 50.8 Å². The second-order valence-corrected chi connectivity index (χ2v) is 5.35. The summed E-state index contributed by atoms with van der Waals surface area (Å²) in [7, 11) is 0. The minimum Gasteiger partial charge on any atom is -0.456 e. The Morgan fingerprint density at radius 2 is 2.11 bits per heavy atom. The molecule has 100 valence electrons. The van der Waals surface area contributed by atoms with Gasteiger partial charge in [0.1, 0.15) is 6.61 Å². The van der Waals surface area contributed by atoms with Crippen LogP contribution in [-0.2, 0) is 14.3 Å². The van der Waals surface area contributed by atoms with E-state index in [0.717, 1.165) is 56.9 Å². The predicted molar refractivity (Wildman–Crippen MR) is 66.0 cm³/mol. The van der Waals surface area contributed by atoms with Crippen molar-refractivity contribution in [3.05, 3.63) is 11.3 Å². The summed E-state index contributed by atoms with van der Waals surface area (Å²) in [6, 6.07) is 0. The van der Waals surface area contributed by atoms with Gasteiger partial charge in [0.15, 0.2) is 0 Å². The van der Waals surface area contributed by atoms with E-state index < -0.39 is 0 Å². The minimum absolute atomic E-state index is 0.0254. The third-order valence-electron chi connectivity index (χ3n) is 4.22. The van der Waals surface area contributed by atoms with E-state index >= 15 is 0 Å². The van der Waals surface area contributed by atoms with Crippen LogP contribution in [-0.4, -0.2) is 55.9 Å². The van der Waals surface area contributed by atoms with Gasteiger partial charge in [-0.2, -0.15) is 0 Å². The fourth-order valence-corrected chi connectivity index (χ4v) is 3.06. The second-order valence-electron chi connectivity index (χ2n) is 5.35. The first-order valence-corrected chi connectivity index (χ1v) is 6.67. The summed E-state index contributed by atoms with van der Waals surface area (Å²) in [5.74, 6) is -0.171. The summed E-state index contributed by atoms with van der Waals surface area (Å²) in [4.78, 5) is 13.7. The van der Waals surface area contributed by atoms with E-state index in [1.807, 2.05) is 6.92 Å². The fraction of sp³-hybridized carbons (Fsp3) is 0.769. The Kier molecular flexibility index (Phi) is 3.03. The number of piperidine rings is 1. The van der Waals surface area contributed by atoms with Crippen molar-refractivity contribution in [1.29, 1.82) is 0 Å². The fourth-order valence-electron chi connectivity index (χ4n) is 3.06. The number of ether oxygens (including phenoxy) is 2. The van der Waals surface area contributed by atoms with E-state index in [4.69, 9.17) is 9.47 Å². The first-order valence-electron chi connectivity index (χ1n) is 6.67. The summed E-state index contributed by atoms with van der Waals surface area (Å²) in [5, 5.41) is 3.37. The lowest BCUT2D eigenvalue weighted by atomic mass is 9.90. The predicted octanol–water partition coefficient (Wildman–Crippen LogP) is 0.272. The zero-order valence-electron chi connectivity index (χ0n) is 10.8. The van der Waals surface area contributed by atoms with Crippen LogP contribution in [0.3, 0.4) is 0 Å². The molecule has 3 heterocycles. The number of nitrogens with zero attached hydrogens (tertiary/aromatic N) is 1. The van der Waals surface area contributed by atoms with Gasteiger partial charge >= 0.3 is 5.97 Å². The normalized spacial score (nSPS) is 27.8. The van der Waals surface area contributed by atoms with Crippen LogP contribution in [0.4, 0.5) is 0 Å². The standard InChI is InChI=1S/C13H20N2O3/c1-10-11(8-17-12(10)16)15-6-7-18-13(9-15)2-4-14-5-3-13/h14H,2-9H2,1H3. The quantitative estimate of drug-likeness (QED) is 0.679. The third kappa shape index (κ3) is 2.01. The monoisotopic (exact) mass is 252 g/mol. The molecule has 0 aromatic carbocycles. The number of morpholine rings is 1. The van der Waals surface area contributed by atoms with Crippen molar-refractivity contribution in [2.45, 2.75) is 25.4 Å². The van der Waals surface area contributed by atoms with Gasteiger partial charge in [0.05, 0.1) is 23.5 Å². The first-order chi connectivity index (χ1) is 8.70. The molecular formula is C13H20N2O3. The number of nitrogens with one attached hydrogen (secondary N) is 1. The molecule has 0 atom stereocenters. The summed E-state index contributed by atoms with van der Waals surface area (Å²) in [6.07, 6.45) is 2.09. The molecule has 5 nitrogen and oxygen atoms in total. The molecule has 1 spiro atoms. The maximum Gasteiger partial charge on any atom is 0.335 e. The van der Waals surface area contributed by atoms with Crippen LogP contribution in [0.2, 0.25) is 0 Å². The van der Waals surface area contributed by atoms with Crippen LogP contribution in [0.5, 0.6) is 0 Å². The Balaban J connectivity index is 1.76. The molecule has 3 rings (SSSR count). The summed E-state index contributed by atoms with van der Waals surface area (Å²) in [5.41, 5.74) is 1.80. The number of carbonyl (C=O) groups is 1. The largest absolute Gasteiger partial charge is 0.456 e. The van der Waals surface area contributed by atoms with Gasteiger partial charge in [-0.15, -0.1) is 0 Å². The lowest BCUT2D eigenvalue weighted by Gasteiger charge is -2.46. The Morgan fingerprint density at radius 3 is 2.78 bits per heavy atom. The Bertz CT molecular complexity index is 380. The van der Waals surface area contributed by atoms with Crippen LogP contribution in [0, 0.1) is 0 Å². The summed E-state index contributed by atoms with van der Waals surface area (Å²) in [6.45, 7) is 6.80. The molecule has 2 saturated heterocycles. The molecule has 0 aromatic heterocycles. The average Bonchev–Trinajstić information content (AvgIpc) is 2.71. The maximum atomic E-state index is 11.4. The molecule has 0 radical (unpaired) electrons. The van der Waals surface area contributed by atoms with Gasteiger partial charge in [-0.3, -0.25) is 0 Å². The average molecular weight is 252 g/mol. The van der Waals surface area contributed by atoms with Gasteiger partial charge in [0.2, 0.25) is 0 Å². The zero-order valence-corrected chi connectivity index (χ0v) is 10.8. The van der Waals surface area contributed by atoms with Gasteiger partial charge < -0.3 is 19.7 Å². The van der Waals surface area contributed by atoms with E-state index in [0.29, 0.717) is 6.61 Å². The number of cyclic esters (lactones) is 1. The Morgan fingerprint density at radius 1 is 1.33 bits per heavy atom. The van der Waals surface area contributed by atoms with E-state index in [1.165, 1.54) is 0 Å².